The van der Waals surface area contributed by atoms with Crippen LogP contribution in [0.2, 0.25) is 0 Å². The maximum Gasteiger partial charge on any atom is 0.255 e. The minimum Gasteiger partial charge on any atom is -0.496 e. The number of aromatic nitrogens is 2. The van der Waals surface area contributed by atoms with Gasteiger partial charge in [-0.3, -0.25) is 4.79 Å². The van der Waals surface area contributed by atoms with E-state index < -0.39 is 0 Å². The summed E-state index contributed by atoms with van der Waals surface area (Å²) in [6.07, 6.45) is 0. The number of hydrogen-bond donors (Lipinski definition) is 1. The highest BCUT2D eigenvalue weighted by Crippen LogP contribution is 2.18. The van der Waals surface area contributed by atoms with Crippen LogP contribution in [0.3, 0.4) is 0 Å². The molecular weight excluding hydrogens is 306 g/mol. The van der Waals surface area contributed by atoms with Gasteiger partial charge in [0.1, 0.15) is 5.75 Å². The normalized spacial score (nSPS) is 10.4. The number of nitrogens with zero attached hydrogens (tertiary/aromatic N) is 2. The lowest BCUT2D eigenvalue weighted by molar-refractivity contribution is 0.0943. The molecule has 1 aromatic heterocycles. The van der Waals surface area contributed by atoms with Crippen LogP contribution < -0.4 is 10.1 Å². The summed E-state index contributed by atoms with van der Waals surface area (Å²) < 4.78 is 10.4. The second-order valence-corrected chi connectivity index (χ2v) is 5.26. The highest BCUT2D eigenvalue weighted by molar-refractivity contribution is 5.96. The molecule has 0 fully saturated rings. The number of amides is 1. The van der Waals surface area contributed by atoms with Gasteiger partial charge in [0.25, 0.3) is 5.91 Å². The van der Waals surface area contributed by atoms with Gasteiger partial charge in [-0.25, -0.2) is 0 Å². The van der Waals surface area contributed by atoms with E-state index in [-0.39, 0.29) is 12.5 Å². The number of hydrogen-bond acceptors (Lipinski definition) is 5. The van der Waals surface area contributed by atoms with E-state index in [1.165, 1.54) is 7.11 Å². The van der Waals surface area contributed by atoms with E-state index in [1.54, 1.807) is 18.2 Å². The summed E-state index contributed by atoms with van der Waals surface area (Å²) in [4.78, 5) is 16.5. The molecule has 6 heteroatoms. The SMILES string of the molecule is COc1ccccc1C(=O)NCc1nc(-c2ccc(C)cc2)no1. The van der Waals surface area contributed by atoms with Crippen molar-refractivity contribution in [2.75, 3.05) is 7.11 Å². The zero-order valence-corrected chi connectivity index (χ0v) is 13.4. The van der Waals surface area contributed by atoms with Crippen LogP contribution in [-0.4, -0.2) is 23.2 Å². The summed E-state index contributed by atoms with van der Waals surface area (Å²) in [5.74, 6) is 1.09. The molecule has 0 saturated heterocycles. The molecule has 2 aromatic carbocycles. The van der Waals surface area contributed by atoms with E-state index in [2.05, 4.69) is 15.5 Å². The zero-order chi connectivity index (χ0) is 16.9. The number of carbonyl (C=O) groups excluding carboxylic acids is 1. The van der Waals surface area contributed by atoms with Crippen molar-refractivity contribution in [1.29, 1.82) is 0 Å². The summed E-state index contributed by atoms with van der Waals surface area (Å²) in [6.45, 7) is 2.16. The summed E-state index contributed by atoms with van der Waals surface area (Å²) in [7, 11) is 1.53. The molecule has 0 atom stereocenters. The molecule has 24 heavy (non-hydrogen) atoms. The van der Waals surface area contributed by atoms with Gasteiger partial charge < -0.3 is 14.6 Å². The Morgan fingerprint density at radius 3 is 2.67 bits per heavy atom. The van der Waals surface area contributed by atoms with E-state index in [9.17, 15) is 4.79 Å². The molecule has 122 valence electrons. The van der Waals surface area contributed by atoms with E-state index in [4.69, 9.17) is 9.26 Å². The van der Waals surface area contributed by atoms with Gasteiger partial charge in [0.05, 0.1) is 19.2 Å². The Labute approximate surface area is 139 Å². The largest absolute Gasteiger partial charge is 0.496 e. The maximum atomic E-state index is 12.2. The van der Waals surface area contributed by atoms with Gasteiger partial charge in [0.15, 0.2) is 0 Å². The van der Waals surface area contributed by atoms with Gasteiger partial charge in [-0.1, -0.05) is 47.1 Å². The van der Waals surface area contributed by atoms with E-state index in [0.29, 0.717) is 23.0 Å². The second-order valence-electron chi connectivity index (χ2n) is 5.26. The molecule has 0 saturated carbocycles. The van der Waals surface area contributed by atoms with Crippen molar-refractivity contribution >= 4 is 5.91 Å². The van der Waals surface area contributed by atoms with Crippen LogP contribution in [0.1, 0.15) is 21.8 Å². The number of para-hydroxylation sites is 1. The average molecular weight is 323 g/mol. The molecule has 0 bridgehead atoms. The van der Waals surface area contributed by atoms with Crippen molar-refractivity contribution in [2.45, 2.75) is 13.5 Å². The van der Waals surface area contributed by atoms with Crippen LogP contribution in [0.25, 0.3) is 11.4 Å². The molecule has 1 N–H and O–H groups in total. The highest BCUT2D eigenvalue weighted by atomic mass is 16.5. The predicted molar refractivity (Wildman–Crippen MR) is 88.6 cm³/mol. The predicted octanol–water partition coefficient (Wildman–Crippen LogP) is 2.98. The van der Waals surface area contributed by atoms with Gasteiger partial charge >= 0.3 is 0 Å². The number of rotatable bonds is 5. The number of carbonyl (C=O) groups is 1. The minimum atomic E-state index is -0.262. The van der Waals surface area contributed by atoms with Gasteiger partial charge in [-0.2, -0.15) is 4.98 Å². The number of methoxy groups -OCH3 is 1. The smallest absolute Gasteiger partial charge is 0.255 e. The molecule has 1 heterocycles. The molecule has 0 radical (unpaired) electrons. The van der Waals surface area contributed by atoms with Gasteiger partial charge in [-0.05, 0) is 19.1 Å². The number of nitrogens with one attached hydrogen (secondary N) is 1. The molecule has 0 spiro atoms. The Kier molecular flexibility index (Phi) is 4.56. The van der Waals surface area contributed by atoms with Gasteiger partial charge in [-0.15, -0.1) is 0 Å². The first-order valence-corrected chi connectivity index (χ1v) is 7.48. The van der Waals surface area contributed by atoms with Crippen LogP contribution in [0.15, 0.2) is 53.1 Å². The van der Waals surface area contributed by atoms with Crippen LogP contribution >= 0.6 is 0 Å². The highest BCUT2D eigenvalue weighted by Gasteiger charge is 2.13. The monoisotopic (exact) mass is 323 g/mol. The molecule has 0 unspecified atom stereocenters. The van der Waals surface area contributed by atoms with Crippen LogP contribution in [0.5, 0.6) is 5.75 Å². The van der Waals surface area contributed by atoms with Crippen molar-refractivity contribution < 1.29 is 14.1 Å². The number of aryl methyl sites for hydroxylation is 1. The molecule has 3 rings (SSSR count). The standard InChI is InChI=1S/C18H17N3O3/c1-12-7-9-13(10-8-12)17-20-16(24-21-17)11-19-18(22)14-5-3-4-6-15(14)23-2/h3-10H,11H2,1-2H3,(H,19,22). The molecule has 3 aromatic rings. The lowest BCUT2D eigenvalue weighted by atomic mass is 10.1. The molecule has 0 aliphatic heterocycles. The fourth-order valence-electron chi connectivity index (χ4n) is 2.23. The van der Waals surface area contributed by atoms with Crippen LogP contribution in [0, 0.1) is 6.92 Å². The number of benzene rings is 2. The van der Waals surface area contributed by atoms with Gasteiger partial charge in [0.2, 0.25) is 11.7 Å². The third kappa shape index (κ3) is 3.43. The summed E-state index contributed by atoms with van der Waals surface area (Å²) in [5, 5.41) is 6.69. The molecule has 0 aliphatic carbocycles. The van der Waals surface area contributed by atoms with Crippen LogP contribution in [-0.2, 0) is 6.54 Å². The van der Waals surface area contributed by atoms with E-state index >= 15 is 0 Å². The Morgan fingerprint density at radius 1 is 1.17 bits per heavy atom. The Morgan fingerprint density at radius 2 is 1.92 bits per heavy atom. The molecule has 0 aliphatic rings. The lowest BCUT2D eigenvalue weighted by Gasteiger charge is -2.07. The fourth-order valence-corrected chi connectivity index (χ4v) is 2.23. The number of ether oxygens (including phenoxy) is 1. The third-order valence-electron chi connectivity index (χ3n) is 3.53. The minimum absolute atomic E-state index is 0.149. The first-order valence-electron chi connectivity index (χ1n) is 7.48. The maximum absolute atomic E-state index is 12.2. The molecule has 6 nitrogen and oxygen atoms in total. The van der Waals surface area contributed by atoms with E-state index in [0.717, 1.165) is 11.1 Å². The molecular formula is C18H17N3O3. The first-order chi connectivity index (χ1) is 11.7. The Balaban J connectivity index is 1.67. The van der Waals surface area contributed by atoms with Gasteiger partial charge in [0, 0.05) is 5.56 Å². The van der Waals surface area contributed by atoms with Crippen molar-refractivity contribution in [1.82, 2.24) is 15.5 Å². The van der Waals surface area contributed by atoms with Crippen molar-refractivity contribution in [3.63, 3.8) is 0 Å². The van der Waals surface area contributed by atoms with E-state index in [1.807, 2.05) is 37.3 Å². The topological polar surface area (TPSA) is 77.2 Å². The van der Waals surface area contributed by atoms with Crippen molar-refractivity contribution in [3.8, 4) is 17.1 Å². The lowest BCUT2D eigenvalue weighted by Crippen LogP contribution is -2.23. The third-order valence-corrected chi connectivity index (χ3v) is 3.53. The average Bonchev–Trinajstić information content (AvgIpc) is 3.09. The van der Waals surface area contributed by atoms with Crippen LogP contribution in [0.4, 0.5) is 0 Å². The summed E-state index contributed by atoms with van der Waals surface area (Å²) in [5.41, 5.74) is 2.48. The van der Waals surface area contributed by atoms with Crippen molar-refractivity contribution in [2.24, 2.45) is 0 Å². The summed E-state index contributed by atoms with van der Waals surface area (Å²) >= 11 is 0. The fraction of sp³-hybridized carbons (Fsp3) is 0.167. The summed E-state index contributed by atoms with van der Waals surface area (Å²) in [6, 6.07) is 14.8. The Hall–Kier alpha value is -3.15. The molecule has 1 amide bonds. The Bertz CT molecular complexity index is 841. The van der Waals surface area contributed by atoms with Crippen molar-refractivity contribution in [3.05, 3.63) is 65.5 Å². The first kappa shape index (κ1) is 15.7. The quantitative estimate of drug-likeness (QED) is 0.781. The zero-order valence-electron chi connectivity index (χ0n) is 13.4. The second kappa shape index (κ2) is 6.95.